The Morgan fingerprint density at radius 1 is 0.179 bits per heavy atom. The fourth-order valence-electron chi connectivity index (χ4n) is 9.92. The Hall–Kier alpha value is -7.28. The number of rotatable bonds is 4. The molecule has 12 rings (SSSR count). The highest BCUT2D eigenvalue weighted by Crippen LogP contribution is 2.53. The van der Waals surface area contributed by atoms with E-state index < -0.39 is 0 Å². The van der Waals surface area contributed by atoms with Gasteiger partial charge in [-0.3, -0.25) is 0 Å². The predicted octanol–water partition coefficient (Wildman–Crippen LogP) is 15.8. The van der Waals surface area contributed by atoms with Crippen LogP contribution in [0.1, 0.15) is 0 Å². The summed E-state index contributed by atoms with van der Waals surface area (Å²) in [5, 5.41) is 12.9. The summed E-state index contributed by atoms with van der Waals surface area (Å²) in [7, 11) is 0. The lowest BCUT2D eigenvalue weighted by atomic mass is 9.84. The first-order valence-corrected chi connectivity index (χ1v) is 19.5. The van der Waals surface area contributed by atoms with Gasteiger partial charge < -0.3 is 0 Å². The Balaban J connectivity index is 1.10. The molecule has 11 aromatic rings. The molecule has 0 heterocycles. The van der Waals surface area contributed by atoms with Gasteiger partial charge in [-0.05, 0) is 127 Å². The summed E-state index contributed by atoms with van der Waals surface area (Å²) in [5.74, 6) is 0. The molecule has 1 aliphatic carbocycles. The minimum absolute atomic E-state index is 1.24. The molecule has 0 saturated carbocycles. The van der Waals surface area contributed by atoms with Crippen LogP contribution in [0.5, 0.6) is 0 Å². The number of hydrogen-bond donors (Lipinski definition) is 0. The molecule has 0 N–H and O–H groups in total. The normalized spacial score (nSPS) is 11.9. The van der Waals surface area contributed by atoms with Gasteiger partial charge in [-0.1, -0.05) is 200 Å². The van der Waals surface area contributed by atoms with Gasteiger partial charge in [0.2, 0.25) is 0 Å². The van der Waals surface area contributed by atoms with Crippen LogP contribution in [0.25, 0.3) is 121 Å². The van der Waals surface area contributed by atoms with Crippen molar-refractivity contribution in [1.29, 1.82) is 0 Å². The standard InChI is InChI=1S/C56H34/c1-3-16-35(17-4-1)52-39-20-7-9-22-41(39)54(42-23-10-8-21-40(42)52)37-30-31-38-49-32-33-50(47-28-15-29-48(56(47)49)51(38)34-37)55-45-26-13-11-24-43(45)53(36-18-5-2-6-19-36)44-25-12-14-27-46(44)55/h1-34H. The highest BCUT2D eigenvalue weighted by atomic mass is 14.3. The molecule has 0 aromatic heterocycles. The van der Waals surface area contributed by atoms with Gasteiger partial charge in [0.1, 0.15) is 0 Å². The van der Waals surface area contributed by atoms with Crippen LogP contribution >= 0.6 is 0 Å². The van der Waals surface area contributed by atoms with E-state index in [2.05, 4.69) is 206 Å². The molecule has 0 heteroatoms. The second-order valence-electron chi connectivity index (χ2n) is 15.1. The van der Waals surface area contributed by atoms with Gasteiger partial charge in [-0.2, -0.15) is 0 Å². The lowest BCUT2D eigenvalue weighted by Gasteiger charge is -2.19. The molecule has 0 aliphatic heterocycles. The van der Waals surface area contributed by atoms with Crippen molar-refractivity contribution < 1.29 is 0 Å². The molecule has 11 aromatic carbocycles. The third-order valence-electron chi connectivity index (χ3n) is 12.2. The van der Waals surface area contributed by atoms with Crippen molar-refractivity contribution in [1.82, 2.24) is 0 Å². The molecule has 0 spiro atoms. The molecule has 56 heavy (non-hydrogen) atoms. The van der Waals surface area contributed by atoms with Crippen molar-refractivity contribution in [2.45, 2.75) is 0 Å². The largest absolute Gasteiger partial charge is 0.0622 e. The zero-order chi connectivity index (χ0) is 36.7. The summed E-state index contributed by atoms with van der Waals surface area (Å²) in [5.41, 5.74) is 15.4. The second-order valence-corrected chi connectivity index (χ2v) is 15.1. The van der Waals surface area contributed by atoms with E-state index in [0.29, 0.717) is 0 Å². The van der Waals surface area contributed by atoms with Gasteiger partial charge in [0.25, 0.3) is 0 Å². The first-order valence-electron chi connectivity index (χ1n) is 19.5. The van der Waals surface area contributed by atoms with Gasteiger partial charge in [-0.25, -0.2) is 0 Å². The quantitative estimate of drug-likeness (QED) is 0.160. The van der Waals surface area contributed by atoms with Crippen molar-refractivity contribution in [3.05, 3.63) is 206 Å². The minimum atomic E-state index is 1.24. The fraction of sp³-hybridized carbons (Fsp3) is 0. The van der Waals surface area contributed by atoms with E-state index in [1.807, 2.05) is 0 Å². The fourth-order valence-corrected chi connectivity index (χ4v) is 9.92. The van der Waals surface area contributed by atoms with Crippen molar-refractivity contribution in [3.8, 4) is 66.8 Å². The summed E-state index contributed by atoms with van der Waals surface area (Å²) in [6.07, 6.45) is 0. The molecule has 1 aliphatic rings. The van der Waals surface area contributed by atoms with Crippen LogP contribution in [0, 0.1) is 0 Å². The Morgan fingerprint density at radius 3 is 1.02 bits per heavy atom. The van der Waals surface area contributed by atoms with Crippen LogP contribution < -0.4 is 0 Å². The van der Waals surface area contributed by atoms with Gasteiger partial charge >= 0.3 is 0 Å². The van der Waals surface area contributed by atoms with Gasteiger partial charge in [0.15, 0.2) is 0 Å². The molecule has 0 fully saturated rings. The smallest absolute Gasteiger partial charge is 0.00201 e. The Kier molecular flexibility index (Phi) is 6.73. The van der Waals surface area contributed by atoms with E-state index in [-0.39, 0.29) is 0 Å². The first kappa shape index (κ1) is 31.1. The van der Waals surface area contributed by atoms with Crippen LogP contribution in [0.2, 0.25) is 0 Å². The van der Waals surface area contributed by atoms with Gasteiger partial charge in [0, 0.05) is 0 Å². The van der Waals surface area contributed by atoms with Crippen LogP contribution in [-0.2, 0) is 0 Å². The Morgan fingerprint density at radius 2 is 0.536 bits per heavy atom. The lowest BCUT2D eigenvalue weighted by Crippen LogP contribution is -1.91. The maximum absolute atomic E-state index is 2.46. The maximum Gasteiger partial charge on any atom is -0.00201 e. The summed E-state index contributed by atoms with van der Waals surface area (Å²) < 4.78 is 0. The molecule has 0 unspecified atom stereocenters. The van der Waals surface area contributed by atoms with Crippen LogP contribution in [0.4, 0.5) is 0 Å². The van der Waals surface area contributed by atoms with E-state index in [4.69, 9.17) is 0 Å². The summed E-state index contributed by atoms with van der Waals surface area (Å²) in [4.78, 5) is 0. The van der Waals surface area contributed by atoms with Crippen LogP contribution in [0.15, 0.2) is 206 Å². The van der Waals surface area contributed by atoms with Crippen molar-refractivity contribution in [2.24, 2.45) is 0 Å². The van der Waals surface area contributed by atoms with E-state index >= 15 is 0 Å². The third-order valence-corrected chi connectivity index (χ3v) is 12.2. The zero-order valence-corrected chi connectivity index (χ0v) is 30.6. The summed E-state index contributed by atoms with van der Waals surface area (Å²) in [6.45, 7) is 0. The van der Waals surface area contributed by atoms with Crippen molar-refractivity contribution in [2.75, 3.05) is 0 Å². The lowest BCUT2D eigenvalue weighted by molar-refractivity contribution is 1.65. The molecular formula is C56H34. The number of benzene rings is 11. The molecule has 0 saturated heterocycles. The minimum Gasteiger partial charge on any atom is -0.0622 e. The Bertz CT molecular complexity index is 3280. The van der Waals surface area contributed by atoms with Gasteiger partial charge in [0.05, 0.1) is 0 Å². The predicted molar refractivity (Wildman–Crippen MR) is 240 cm³/mol. The SMILES string of the molecule is c1ccc(-c2c3ccccc3c(-c3ccc4c(c3)-c3cccc5c(-c6c7ccccc7c(-c7ccccc7)c7ccccc67)ccc-4c35)c3ccccc23)cc1. The number of hydrogen-bond acceptors (Lipinski definition) is 0. The highest BCUT2D eigenvalue weighted by Gasteiger charge is 2.26. The number of fused-ring (bicyclic) bond motifs is 7. The Labute approximate surface area is 325 Å². The highest BCUT2D eigenvalue weighted by molar-refractivity contribution is 6.27. The molecule has 0 bridgehead atoms. The topological polar surface area (TPSA) is 0 Å². The van der Waals surface area contributed by atoms with E-state index in [9.17, 15) is 0 Å². The van der Waals surface area contributed by atoms with Gasteiger partial charge in [-0.15, -0.1) is 0 Å². The average molecular weight is 707 g/mol. The van der Waals surface area contributed by atoms with Crippen molar-refractivity contribution >= 4 is 53.9 Å². The third kappa shape index (κ3) is 4.42. The van der Waals surface area contributed by atoms with E-state index in [1.54, 1.807) is 0 Å². The van der Waals surface area contributed by atoms with Crippen molar-refractivity contribution in [3.63, 3.8) is 0 Å². The molecule has 0 nitrogen and oxygen atoms in total. The maximum atomic E-state index is 2.46. The van der Waals surface area contributed by atoms with E-state index in [0.717, 1.165) is 0 Å². The van der Waals surface area contributed by atoms with Crippen LogP contribution in [0.3, 0.4) is 0 Å². The molecule has 0 atom stereocenters. The van der Waals surface area contributed by atoms with E-state index in [1.165, 1.54) is 121 Å². The second kappa shape index (κ2) is 12.1. The molecule has 258 valence electrons. The zero-order valence-electron chi connectivity index (χ0n) is 30.6. The molecular weight excluding hydrogens is 673 g/mol. The average Bonchev–Trinajstić information content (AvgIpc) is 3.59. The summed E-state index contributed by atoms with van der Waals surface area (Å²) in [6, 6.07) is 76.4. The first-order chi connectivity index (χ1) is 27.8. The molecule has 0 amide bonds. The van der Waals surface area contributed by atoms with Crippen LogP contribution in [-0.4, -0.2) is 0 Å². The monoisotopic (exact) mass is 706 g/mol. The summed E-state index contributed by atoms with van der Waals surface area (Å²) >= 11 is 0. The molecule has 0 radical (unpaired) electrons.